The Labute approximate surface area is 141 Å². The summed E-state index contributed by atoms with van der Waals surface area (Å²) in [6.07, 6.45) is 5.70. The summed E-state index contributed by atoms with van der Waals surface area (Å²) in [7, 11) is 0. The third-order valence-corrected chi connectivity index (χ3v) is 4.75. The number of nitrogens with one attached hydrogen (secondary N) is 1. The van der Waals surface area contributed by atoms with E-state index in [-0.39, 0.29) is 6.10 Å². The molecule has 1 fully saturated rings. The van der Waals surface area contributed by atoms with Crippen molar-refractivity contribution in [2.75, 3.05) is 5.32 Å². The molecule has 0 aliphatic heterocycles. The van der Waals surface area contributed by atoms with E-state index in [1.807, 2.05) is 16.5 Å². The van der Waals surface area contributed by atoms with Crippen LogP contribution in [0.1, 0.15) is 31.2 Å². The number of anilines is 1. The maximum absolute atomic E-state index is 9.64. The molecule has 2 N–H and O–H groups in total. The van der Waals surface area contributed by atoms with E-state index in [0.717, 1.165) is 48.4 Å². The van der Waals surface area contributed by atoms with Crippen LogP contribution in [0.25, 0.3) is 17.0 Å². The second-order valence-electron chi connectivity index (χ2n) is 6.69. The monoisotopic (exact) mass is 322 g/mol. The fraction of sp³-hybridized carbons (Fsp3) is 0.368. The topological polar surface area (TPSA) is 62.5 Å². The highest BCUT2D eigenvalue weighted by molar-refractivity contribution is 5.62. The van der Waals surface area contributed by atoms with Gasteiger partial charge in [-0.15, -0.1) is 10.2 Å². The maximum atomic E-state index is 9.64. The summed E-state index contributed by atoms with van der Waals surface area (Å²) in [6.45, 7) is 2.08. The quantitative estimate of drug-likeness (QED) is 0.775. The number of nitrogens with zero attached hydrogens (tertiary/aromatic N) is 3. The van der Waals surface area contributed by atoms with Gasteiger partial charge in [0.1, 0.15) is 0 Å². The fourth-order valence-electron chi connectivity index (χ4n) is 3.41. The number of fused-ring (bicyclic) bond motifs is 1. The molecule has 124 valence electrons. The smallest absolute Gasteiger partial charge is 0.168 e. The highest BCUT2D eigenvalue weighted by atomic mass is 16.3. The first kappa shape index (κ1) is 15.1. The molecular weight excluding hydrogens is 300 g/mol. The van der Waals surface area contributed by atoms with Gasteiger partial charge >= 0.3 is 0 Å². The molecule has 0 bridgehead atoms. The number of aliphatic hydroxyl groups is 1. The van der Waals surface area contributed by atoms with Gasteiger partial charge in [-0.25, -0.2) is 0 Å². The van der Waals surface area contributed by atoms with E-state index in [4.69, 9.17) is 0 Å². The zero-order chi connectivity index (χ0) is 16.5. The van der Waals surface area contributed by atoms with Crippen molar-refractivity contribution in [1.82, 2.24) is 14.6 Å². The fourth-order valence-corrected chi connectivity index (χ4v) is 3.41. The van der Waals surface area contributed by atoms with Crippen LogP contribution in [0.4, 0.5) is 5.69 Å². The molecule has 1 aromatic carbocycles. The first-order valence-electron chi connectivity index (χ1n) is 8.55. The van der Waals surface area contributed by atoms with Crippen LogP contribution in [-0.2, 0) is 0 Å². The first-order valence-corrected chi connectivity index (χ1v) is 8.55. The van der Waals surface area contributed by atoms with Crippen molar-refractivity contribution in [2.24, 2.45) is 0 Å². The Hall–Kier alpha value is -2.40. The summed E-state index contributed by atoms with van der Waals surface area (Å²) in [6, 6.07) is 12.8. The Morgan fingerprint density at radius 1 is 1.08 bits per heavy atom. The molecule has 0 saturated heterocycles. The normalized spacial score (nSPS) is 21.1. The molecule has 0 spiro atoms. The number of rotatable bonds is 3. The van der Waals surface area contributed by atoms with Crippen LogP contribution in [0, 0.1) is 6.92 Å². The van der Waals surface area contributed by atoms with Gasteiger partial charge in [-0.2, -0.15) is 0 Å². The Balaban J connectivity index is 1.63. The Morgan fingerprint density at radius 2 is 1.92 bits per heavy atom. The van der Waals surface area contributed by atoms with Crippen LogP contribution < -0.4 is 5.32 Å². The molecule has 0 radical (unpaired) electrons. The van der Waals surface area contributed by atoms with Crippen LogP contribution in [0.2, 0.25) is 0 Å². The number of hydrogen-bond donors (Lipinski definition) is 2. The summed E-state index contributed by atoms with van der Waals surface area (Å²) in [5.74, 6) is 0.858. The average Bonchev–Trinajstić information content (AvgIpc) is 3.00. The van der Waals surface area contributed by atoms with Crippen LogP contribution in [0.3, 0.4) is 0 Å². The van der Waals surface area contributed by atoms with Crippen molar-refractivity contribution in [3.63, 3.8) is 0 Å². The largest absolute Gasteiger partial charge is 0.393 e. The van der Waals surface area contributed by atoms with Crippen LogP contribution in [0.15, 0.2) is 42.6 Å². The van der Waals surface area contributed by atoms with Crippen molar-refractivity contribution in [3.05, 3.63) is 48.2 Å². The van der Waals surface area contributed by atoms with Gasteiger partial charge in [0.05, 0.1) is 11.8 Å². The molecule has 1 aliphatic rings. The molecule has 24 heavy (non-hydrogen) atoms. The van der Waals surface area contributed by atoms with Gasteiger partial charge in [-0.3, -0.25) is 4.40 Å². The Morgan fingerprint density at radius 3 is 2.71 bits per heavy atom. The van der Waals surface area contributed by atoms with Crippen molar-refractivity contribution in [3.8, 4) is 11.4 Å². The van der Waals surface area contributed by atoms with Gasteiger partial charge < -0.3 is 10.4 Å². The summed E-state index contributed by atoms with van der Waals surface area (Å²) in [5, 5.41) is 21.9. The SMILES string of the molecule is Cc1cccc(-c2nnc3ccc(N[C@H]4CC[C@H](O)CC4)cn23)c1. The van der Waals surface area contributed by atoms with Crippen molar-refractivity contribution in [1.29, 1.82) is 0 Å². The summed E-state index contributed by atoms with van der Waals surface area (Å²) in [4.78, 5) is 0. The lowest BCUT2D eigenvalue weighted by molar-refractivity contribution is 0.126. The van der Waals surface area contributed by atoms with E-state index >= 15 is 0 Å². The summed E-state index contributed by atoms with van der Waals surface area (Å²) in [5.41, 5.74) is 4.19. The van der Waals surface area contributed by atoms with Crippen LogP contribution in [-0.4, -0.2) is 31.9 Å². The molecule has 2 heterocycles. The highest BCUT2D eigenvalue weighted by Crippen LogP contribution is 2.24. The molecular formula is C19H22N4O. The van der Waals surface area contributed by atoms with Crippen molar-refractivity contribution >= 4 is 11.3 Å². The van der Waals surface area contributed by atoms with Crippen molar-refractivity contribution < 1.29 is 5.11 Å². The maximum Gasteiger partial charge on any atom is 0.168 e. The lowest BCUT2D eigenvalue weighted by Crippen LogP contribution is -2.28. The Kier molecular flexibility index (Phi) is 3.94. The minimum Gasteiger partial charge on any atom is -0.393 e. The van der Waals surface area contributed by atoms with Gasteiger partial charge in [0, 0.05) is 17.8 Å². The number of aliphatic hydroxyl groups excluding tert-OH is 1. The van der Waals surface area contributed by atoms with E-state index in [9.17, 15) is 5.11 Å². The van der Waals surface area contributed by atoms with Gasteiger partial charge in [-0.1, -0.05) is 23.8 Å². The first-order chi connectivity index (χ1) is 11.7. The molecule has 1 aliphatic carbocycles. The molecule has 0 amide bonds. The van der Waals surface area contributed by atoms with E-state index in [2.05, 4.69) is 52.9 Å². The second-order valence-corrected chi connectivity index (χ2v) is 6.69. The van der Waals surface area contributed by atoms with E-state index in [1.165, 1.54) is 5.56 Å². The van der Waals surface area contributed by atoms with Gasteiger partial charge in [0.25, 0.3) is 0 Å². The second kappa shape index (κ2) is 6.24. The van der Waals surface area contributed by atoms with Gasteiger partial charge in [0.15, 0.2) is 11.5 Å². The minimum absolute atomic E-state index is 0.128. The van der Waals surface area contributed by atoms with Gasteiger partial charge in [-0.05, 0) is 50.8 Å². The number of aromatic nitrogens is 3. The Bertz CT molecular complexity index is 849. The average molecular weight is 322 g/mol. The number of hydrogen-bond acceptors (Lipinski definition) is 4. The molecule has 2 aromatic heterocycles. The van der Waals surface area contributed by atoms with E-state index < -0.39 is 0 Å². The third-order valence-electron chi connectivity index (χ3n) is 4.75. The van der Waals surface area contributed by atoms with E-state index in [1.54, 1.807) is 0 Å². The zero-order valence-electron chi connectivity index (χ0n) is 13.8. The van der Waals surface area contributed by atoms with Crippen molar-refractivity contribution in [2.45, 2.75) is 44.8 Å². The van der Waals surface area contributed by atoms with E-state index in [0.29, 0.717) is 6.04 Å². The predicted molar refractivity (Wildman–Crippen MR) is 95.0 cm³/mol. The third kappa shape index (κ3) is 2.99. The molecule has 5 heteroatoms. The predicted octanol–water partition coefficient (Wildman–Crippen LogP) is 3.42. The molecule has 3 aromatic rings. The standard InChI is InChI=1S/C19H22N4O/c1-13-3-2-4-14(11-13)19-22-21-18-10-7-16(12-23(18)19)20-15-5-8-17(24)9-6-15/h2-4,7,10-12,15,17,20,24H,5-6,8-9H2,1H3/t15-,17-. The molecule has 1 saturated carbocycles. The zero-order valence-corrected chi connectivity index (χ0v) is 13.8. The minimum atomic E-state index is -0.128. The van der Waals surface area contributed by atoms with Crippen LogP contribution in [0.5, 0.6) is 0 Å². The lowest BCUT2D eigenvalue weighted by atomic mass is 9.93. The number of pyridine rings is 1. The molecule has 4 rings (SSSR count). The summed E-state index contributed by atoms with van der Waals surface area (Å²) >= 11 is 0. The van der Waals surface area contributed by atoms with Gasteiger partial charge in [0.2, 0.25) is 0 Å². The molecule has 5 nitrogen and oxygen atoms in total. The highest BCUT2D eigenvalue weighted by Gasteiger charge is 2.19. The molecule has 0 unspecified atom stereocenters. The van der Waals surface area contributed by atoms with Crippen LogP contribution >= 0.6 is 0 Å². The number of aryl methyl sites for hydroxylation is 1. The molecule has 0 atom stereocenters. The summed E-state index contributed by atoms with van der Waals surface area (Å²) < 4.78 is 2.04. The lowest BCUT2D eigenvalue weighted by Gasteiger charge is -2.27. The number of benzene rings is 1.